The molecule has 3 heteroatoms. The second-order valence-electron chi connectivity index (χ2n) is 4.80. The molecule has 2 nitrogen and oxygen atoms in total. The Morgan fingerprint density at radius 1 is 1.27 bits per heavy atom. The highest BCUT2D eigenvalue weighted by Gasteiger charge is 2.22. The van der Waals surface area contributed by atoms with Crippen LogP contribution >= 0.6 is 11.3 Å². The van der Waals surface area contributed by atoms with Crippen molar-refractivity contribution in [2.24, 2.45) is 0 Å². The van der Waals surface area contributed by atoms with Gasteiger partial charge in [0.25, 0.3) is 0 Å². The third kappa shape index (κ3) is 2.40. The summed E-state index contributed by atoms with van der Waals surface area (Å²) in [6.07, 6.45) is 8.25. The molecule has 0 saturated heterocycles. The van der Waals surface area contributed by atoms with Crippen molar-refractivity contribution in [3.05, 3.63) is 16.1 Å². The minimum absolute atomic E-state index is 0.774. The number of nitrogens with zero attached hydrogens (tertiary/aromatic N) is 1. The third-order valence-corrected chi connectivity index (χ3v) is 4.33. The third-order valence-electron chi connectivity index (χ3n) is 3.46. The van der Waals surface area contributed by atoms with Crippen LogP contribution in [0, 0.1) is 0 Å². The fraction of sp³-hybridized carbons (Fsp3) is 0.750. The van der Waals surface area contributed by atoms with Gasteiger partial charge in [-0.15, -0.1) is 11.3 Å². The van der Waals surface area contributed by atoms with Crippen LogP contribution in [0.4, 0.5) is 0 Å². The lowest BCUT2D eigenvalue weighted by Gasteiger charge is -2.03. The lowest BCUT2D eigenvalue weighted by molar-refractivity contribution is 0.666. The maximum atomic E-state index is 4.75. The van der Waals surface area contributed by atoms with Crippen LogP contribution in [0.5, 0.6) is 0 Å². The Morgan fingerprint density at radius 2 is 2.07 bits per heavy atom. The van der Waals surface area contributed by atoms with E-state index in [0.717, 1.165) is 18.5 Å². The Hall–Kier alpha value is -0.410. The van der Waals surface area contributed by atoms with Crippen molar-refractivity contribution in [3.63, 3.8) is 0 Å². The standard InChI is InChI=1S/C12H18N2S/c1-2-4-9(3-1)11-8-15-12(14-11)7-13-10-5-6-10/h8-10,13H,1-7H2. The average molecular weight is 222 g/mol. The normalized spacial score (nSPS) is 22.4. The summed E-state index contributed by atoms with van der Waals surface area (Å²) in [4.78, 5) is 4.75. The first kappa shape index (κ1) is 9.79. The first-order valence-corrected chi connectivity index (χ1v) is 6.97. The molecule has 0 bridgehead atoms. The van der Waals surface area contributed by atoms with E-state index in [1.54, 1.807) is 0 Å². The first-order valence-electron chi connectivity index (χ1n) is 6.09. The molecule has 15 heavy (non-hydrogen) atoms. The second kappa shape index (κ2) is 4.22. The molecule has 2 aliphatic rings. The molecule has 3 rings (SSSR count). The lowest BCUT2D eigenvalue weighted by atomic mass is 10.1. The highest BCUT2D eigenvalue weighted by atomic mass is 32.1. The van der Waals surface area contributed by atoms with Crippen molar-refractivity contribution in [1.29, 1.82) is 0 Å². The van der Waals surface area contributed by atoms with Crippen molar-refractivity contribution >= 4 is 11.3 Å². The van der Waals surface area contributed by atoms with Crippen LogP contribution in [0.2, 0.25) is 0 Å². The number of nitrogens with one attached hydrogen (secondary N) is 1. The van der Waals surface area contributed by atoms with Crippen molar-refractivity contribution < 1.29 is 0 Å². The van der Waals surface area contributed by atoms with Crippen LogP contribution in [-0.2, 0) is 6.54 Å². The molecule has 1 N–H and O–H groups in total. The van der Waals surface area contributed by atoms with E-state index in [-0.39, 0.29) is 0 Å². The Bertz CT molecular complexity index is 324. The smallest absolute Gasteiger partial charge is 0.107 e. The SMILES string of the molecule is c1sc(CNC2CC2)nc1C1CCCC1. The van der Waals surface area contributed by atoms with E-state index in [4.69, 9.17) is 4.98 Å². The zero-order chi connectivity index (χ0) is 10.1. The summed E-state index contributed by atoms with van der Waals surface area (Å²) in [5.74, 6) is 0.774. The Labute approximate surface area is 95.1 Å². The molecule has 2 saturated carbocycles. The molecule has 82 valence electrons. The van der Waals surface area contributed by atoms with Crippen LogP contribution < -0.4 is 5.32 Å². The summed E-state index contributed by atoms with van der Waals surface area (Å²) in [7, 11) is 0. The molecule has 2 fully saturated rings. The number of thiazole rings is 1. The molecule has 1 heterocycles. The van der Waals surface area contributed by atoms with Gasteiger partial charge in [-0.1, -0.05) is 12.8 Å². The Morgan fingerprint density at radius 3 is 2.80 bits per heavy atom. The summed E-state index contributed by atoms with van der Waals surface area (Å²) in [6, 6.07) is 0.795. The van der Waals surface area contributed by atoms with E-state index in [1.807, 2.05) is 11.3 Å². The molecule has 2 aliphatic carbocycles. The molecule has 0 spiro atoms. The van der Waals surface area contributed by atoms with Crippen LogP contribution in [0.25, 0.3) is 0 Å². The van der Waals surface area contributed by atoms with Gasteiger partial charge in [0.1, 0.15) is 5.01 Å². The van der Waals surface area contributed by atoms with E-state index in [9.17, 15) is 0 Å². The lowest BCUT2D eigenvalue weighted by Crippen LogP contribution is -2.15. The topological polar surface area (TPSA) is 24.9 Å². The van der Waals surface area contributed by atoms with E-state index >= 15 is 0 Å². The summed E-state index contributed by atoms with van der Waals surface area (Å²) in [6.45, 7) is 0.988. The van der Waals surface area contributed by atoms with Gasteiger partial charge in [-0.2, -0.15) is 0 Å². The number of hydrogen-bond acceptors (Lipinski definition) is 3. The van der Waals surface area contributed by atoms with E-state index in [1.165, 1.54) is 49.2 Å². The summed E-state index contributed by atoms with van der Waals surface area (Å²) >= 11 is 1.83. The minimum atomic E-state index is 0.774. The second-order valence-corrected chi connectivity index (χ2v) is 5.75. The van der Waals surface area contributed by atoms with E-state index in [0.29, 0.717) is 0 Å². The van der Waals surface area contributed by atoms with Crippen molar-refractivity contribution in [2.75, 3.05) is 0 Å². The van der Waals surface area contributed by atoms with Gasteiger partial charge in [0.15, 0.2) is 0 Å². The molecular weight excluding hydrogens is 204 g/mol. The van der Waals surface area contributed by atoms with Crippen LogP contribution in [-0.4, -0.2) is 11.0 Å². The maximum Gasteiger partial charge on any atom is 0.107 e. The van der Waals surface area contributed by atoms with Gasteiger partial charge in [0.2, 0.25) is 0 Å². The molecule has 0 aliphatic heterocycles. The molecule has 0 amide bonds. The van der Waals surface area contributed by atoms with Gasteiger partial charge in [0.05, 0.1) is 5.69 Å². The molecule has 0 atom stereocenters. The number of hydrogen-bond donors (Lipinski definition) is 1. The maximum absolute atomic E-state index is 4.75. The van der Waals surface area contributed by atoms with E-state index in [2.05, 4.69) is 10.7 Å². The fourth-order valence-corrected chi connectivity index (χ4v) is 3.16. The highest BCUT2D eigenvalue weighted by Crippen LogP contribution is 2.34. The molecule has 0 unspecified atom stereocenters. The van der Waals surface area contributed by atoms with Crippen molar-refractivity contribution in [1.82, 2.24) is 10.3 Å². The van der Waals surface area contributed by atoms with Crippen LogP contribution in [0.3, 0.4) is 0 Å². The molecule has 1 aromatic heterocycles. The zero-order valence-corrected chi connectivity index (χ0v) is 9.85. The quantitative estimate of drug-likeness (QED) is 0.847. The van der Waals surface area contributed by atoms with Crippen LogP contribution in [0.1, 0.15) is 55.1 Å². The average Bonchev–Trinajstić information content (AvgIpc) is 2.78. The van der Waals surface area contributed by atoms with Gasteiger partial charge in [-0.05, 0) is 25.7 Å². The number of rotatable bonds is 4. The van der Waals surface area contributed by atoms with Gasteiger partial charge in [0, 0.05) is 23.9 Å². The summed E-state index contributed by atoms with van der Waals surface area (Å²) in [5.41, 5.74) is 1.37. The number of aromatic nitrogens is 1. The monoisotopic (exact) mass is 222 g/mol. The van der Waals surface area contributed by atoms with Gasteiger partial charge < -0.3 is 5.32 Å². The van der Waals surface area contributed by atoms with Crippen LogP contribution in [0.15, 0.2) is 5.38 Å². The summed E-state index contributed by atoms with van der Waals surface area (Å²) in [5, 5.41) is 7.08. The predicted octanol–water partition coefficient (Wildman–Crippen LogP) is 3.05. The van der Waals surface area contributed by atoms with Gasteiger partial charge in [-0.3, -0.25) is 0 Å². The van der Waals surface area contributed by atoms with Gasteiger partial charge >= 0.3 is 0 Å². The fourth-order valence-electron chi connectivity index (χ4n) is 2.33. The molecular formula is C12H18N2S. The van der Waals surface area contributed by atoms with Crippen molar-refractivity contribution in [2.45, 2.75) is 57.0 Å². The molecule has 1 aromatic rings. The Balaban J connectivity index is 1.59. The highest BCUT2D eigenvalue weighted by molar-refractivity contribution is 7.09. The first-order chi connectivity index (χ1) is 7.42. The minimum Gasteiger partial charge on any atom is -0.308 e. The van der Waals surface area contributed by atoms with Gasteiger partial charge in [-0.25, -0.2) is 4.98 Å². The zero-order valence-electron chi connectivity index (χ0n) is 9.04. The summed E-state index contributed by atoms with van der Waals surface area (Å²) < 4.78 is 0. The molecule has 0 radical (unpaired) electrons. The molecule has 0 aromatic carbocycles. The predicted molar refractivity (Wildman–Crippen MR) is 63.2 cm³/mol. The largest absolute Gasteiger partial charge is 0.308 e. The van der Waals surface area contributed by atoms with Crippen molar-refractivity contribution in [3.8, 4) is 0 Å². The Kier molecular flexibility index (Phi) is 2.76. The van der Waals surface area contributed by atoms with E-state index < -0.39 is 0 Å².